The smallest absolute Gasteiger partial charge is 0.142 e. The molecule has 0 aliphatic heterocycles. The highest BCUT2D eigenvalue weighted by atomic mass is 35.5. The standard InChI is InChI=1S/C16H16ClFO2/c1-9-7-11(8-10(2)16(9)20-3)15(19)12-5-4-6-13(18)14(12)17/h4-8,15,19H,1-3H3. The van der Waals surface area contributed by atoms with Crippen molar-refractivity contribution in [1.82, 2.24) is 0 Å². The van der Waals surface area contributed by atoms with Gasteiger partial charge >= 0.3 is 0 Å². The highest BCUT2D eigenvalue weighted by Gasteiger charge is 2.18. The van der Waals surface area contributed by atoms with Gasteiger partial charge < -0.3 is 9.84 Å². The predicted molar refractivity (Wildman–Crippen MR) is 77.9 cm³/mol. The van der Waals surface area contributed by atoms with E-state index in [1.807, 2.05) is 26.0 Å². The first-order valence-electron chi connectivity index (χ1n) is 6.22. The molecule has 2 aromatic rings. The van der Waals surface area contributed by atoms with Gasteiger partial charge in [-0.3, -0.25) is 0 Å². The Morgan fingerprint density at radius 2 is 1.80 bits per heavy atom. The number of benzene rings is 2. The maximum atomic E-state index is 13.5. The average Bonchev–Trinajstić information content (AvgIpc) is 2.41. The van der Waals surface area contributed by atoms with Crippen molar-refractivity contribution in [2.45, 2.75) is 20.0 Å². The molecule has 0 spiro atoms. The number of ether oxygens (including phenoxy) is 1. The van der Waals surface area contributed by atoms with Crippen LogP contribution < -0.4 is 4.74 Å². The molecule has 0 radical (unpaired) electrons. The van der Waals surface area contributed by atoms with Crippen molar-refractivity contribution in [3.05, 3.63) is 63.4 Å². The minimum absolute atomic E-state index is 0.0499. The number of aryl methyl sites for hydroxylation is 2. The molecule has 20 heavy (non-hydrogen) atoms. The molecule has 106 valence electrons. The van der Waals surface area contributed by atoms with Crippen molar-refractivity contribution in [3.8, 4) is 5.75 Å². The van der Waals surface area contributed by atoms with Gasteiger partial charge in [0.25, 0.3) is 0 Å². The predicted octanol–water partition coefficient (Wildman–Crippen LogP) is 4.19. The van der Waals surface area contributed by atoms with E-state index in [4.69, 9.17) is 16.3 Å². The van der Waals surface area contributed by atoms with E-state index in [-0.39, 0.29) is 5.02 Å². The lowest BCUT2D eigenvalue weighted by molar-refractivity contribution is 0.219. The van der Waals surface area contributed by atoms with Crippen LogP contribution in [0.5, 0.6) is 5.75 Å². The summed E-state index contributed by atoms with van der Waals surface area (Å²) in [5.41, 5.74) is 2.84. The summed E-state index contributed by atoms with van der Waals surface area (Å²) in [6.45, 7) is 3.80. The van der Waals surface area contributed by atoms with E-state index < -0.39 is 11.9 Å². The van der Waals surface area contributed by atoms with Crippen LogP contribution in [0.2, 0.25) is 5.02 Å². The molecule has 2 nitrogen and oxygen atoms in total. The van der Waals surface area contributed by atoms with Crippen molar-refractivity contribution in [2.75, 3.05) is 7.11 Å². The zero-order valence-corrected chi connectivity index (χ0v) is 12.3. The second kappa shape index (κ2) is 5.81. The van der Waals surface area contributed by atoms with Crippen molar-refractivity contribution in [2.24, 2.45) is 0 Å². The molecule has 0 saturated heterocycles. The number of aliphatic hydroxyl groups is 1. The van der Waals surface area contributed by atoms with Gasteiger partial charge in [-0.1, -0.05) is 23.7 Å². The van der Waals surface area contributed by atoms with Crippen LogP contribution in [0.25, 0.3) is 0 Å². The summed E-state index contributed by atoms with van der Waals surface area (Å²) in [7, 11) is 1.61. The van der Waals surface area contributed by atoms with Crippen molar-refractivity contribution in [3.63, 3.8) is 0 Å². The summed E-state index contributed by atoms with van der Waals surface area (Å²) < 4.78 is 18.8. The van der Waals surface area contributed by atoms with Gasteiger partial charge in [0.1, 0.15) is 17.7 Å². The largest absolute Gasteiger partial charge is 0.496 e. The maximum Gasteiger partial charge on any atom is 0.142 e. The maximum absolute atomic E-state index is 13.5. The third-order valence-corrected chi connectivity index (χ3v) is 3.68. The number of hydrogen-bond donors (Lipinski definition) is 1. The molecule has 2 aromatic carbocycles. The molecule has 4 heteroatoms. The zero-order valence-electron chi connectivity index (χ0n) is 11.6. The molecule has 1 unspecified atom stereocenters. The molecule has 0 aromatic heterocycles. The Morgan fingerprint density at radius 1 is 1.20 bits per heavy atom. The lowest BCUT2D eigenvalue weighted by Crippen LogP contribution is -2.03. The Morgan fingerprint density at radius 3 is 2.35 bits per heavy atom. The van der Waals surface area contributed by atoms with E-state index in [1.165, 1.54) is 12.1 Å². The van der Waals surface area contributed by atoms with Crippen molar-refractivity contribution < 1.29 is 14.2 Å². The first kappa shape index (κ1) is 14.8. The minimum Gasteiger partial charge on any atom is -0.496 e. The number of methoxy groups -OCH3 is 1. The summed E-state index contributed by atoms with van der Waals surface area (Å²) in [6, 6.07) is 8.05. The fourth-order valence-corrected chi connectivity index (χ4v) is 2.60. The molecule has 0 heterocycles. The van der Waals surface area contributed by atoms with Crippen LogP contribution in [0.3, 0.4) is 0 Å². The first-order chi connectivity index (χ1) is 9.45. The fraction of sp³-hybridized carbons (Fsp3) is 0.250. The molecule has 0 aliphatic carbocycles. The Kier molecular flexibility index (Phi) is 4.31. The Hall–Kier alpha value is -1.58. The van der Waals surface area contributed by atoms with E-state index in [9.17, 15) is 9.50 Å². The molecular formula is C16H16ClFO2. The number of aliphatic hydroxyl groups excluding tert-OH is 1. The fourth-order valence-electron chi connectivity index (χ4n) is 2.37. The highest BCUT2D eigenvalue weighted by molar-refractivity contribution is 6.31. The first-order valence-corrected chi connectivity index (χ1v) is 6.60. The molecule has 0 aliphatic rings. The van der Waals surface area contributed by atoms with Crippen LogP contribution in [0.1, 0.15) is 28.4 Å². The van der Waals surface area contributed by atoms with Gasteiger partial charge in [0, 0.05) is 5.56 Å². The number of hydrogen-bond acceptors (Lipinski definition) is 2. The second-order valence-electron chi connectivity index (χ2n) is 4.73. The summed E-state index contributed by atoms with van der Waals surface area (Å²) >= 11 is 5.92. The van der Waals surface area contributed by atoms with Gasteiger partial charge in [-0.05, 0) is 48.7 Å². The Bertz CT molecular complexity index is 617. The van der Waals surface area contributed by atoms with Crippen LogP contribution in [-0.2, 0) is 0 Å². The molecule has 0 fully saturated rings. The van der Waals surface area contributed by atoms with Gasteiger partial charge in [-0.2, -0.15) is 0 Å². The normalized spacial score (nSPS) is 12.3. The number of halogens is 2. The third kappa shape index (κ3) is 2.65. The monoisotopic (exact) mass is 294 g/mol. The van der Waals surface area contributed by atoms with E-state index in [0.717, 1.165) is 16.9 Å². The van der Waals surface area contributed by atoms with Gasteiger partial charge in [0.15, 0.2) is 0 Å². The molecule has 1 N–H and O–H groups in total. The molecule has 1 atom stereocenters. The van der Waals surface area contributed by atoms with E-state index in [1.54, 1.807) is 13.2 Å². The van der Waals surface area contributed by atoms with Crippen molar-refractivity contribution >= 4 is 11.6 Å². The van der Waals surface area contributed by atoms with E-state index in [2.05, 4.69) is 0 Å². The Balaban J connectivity index is 2.49. The van der Waals surface area contributed by atoms with E-state index in [0.29, 0.717) is 11.1 Å². The summed E-state index contributed by atoms with van der Waals surface area (Å²) in [5.74, 6) is 0.247. The second-order valence-corrected chi connectivity index (χ2v) is 5.11. The quantitative estimate of drug-likeness (QED) is 0.920. The van der Waals surface area contributed by atoms with Gasteiger partial charge in [-0.15, -0.1) is 0 Å². The van der Waals surface area contributed by atoms with Gasteiger partial charge in [0.2, 0.25) is 0 Å². The van der Waals surface area contributed by atoms with Gasteiger partial charge in [-0.25, -0.2) is 4.39 Å². The minimum atomic E-state index is -0.971. The van der Waals surface area contributed by atoms with Crippen LogP contribution >= 0.6 is 11.6 Å². The average molecular weight is 295 g/mol. The lowest BCUT2D eigenvalue weighted by Gasteiger charge is -2.17. The molecular weight excluding hydrogens is 279 g/mol. The molecule has 2 rings (SSSR count). The van der Waals surface area contributed by atoms with Crippen molar-refractivity contribution in [1.29, 1.82) is 0 Å². The Labute approximate surface area is 122 Å². The van der Waals surface area contributed by atoms with Crippen LogP contribution in [0, 0.1) is 19.7 Å². The van der Waals surface area contributed by atoms with E-state index >= 15 is 0 Å². The van der Waals surface area contributed by atoms with Crippen LogP contribution in [-0.4, -0.2) is 12.2 Å². The van der Waals surface area contributed by atoms with Crippen LogP contribution in [0.4, 0.5) is 4.39 Å². The number of rotatable bonds is 3. The summed E-state index contributed by atoms with van der Waals surface area (Å²) in [6.07, 6.45) is -0.971. The molecule has 0 bridgehead atoms. The highest BCUT2D eigenvalue weighted by Crippen LogP contribution is 2.33. The summed E-state index contributed by atoms with van der Waals surface area (Å²) in [5, 5.41) is 10.4. The lowest BCUT2D eigenvalue weighted by atomic mass is 9.97. The summed E-state index contributed by atoms with van der Waals surface area (Å²) in [4.78, 5) is 0. The van der Waals surface area contributed by atoms with Gasteiger partial charge in [0.05, 0.1) is 12.1 Å². The molecule has 0 amide bonds. The van der Waals surface area contributed by atoms with Crippen LogP contribution in [0.15, 0.2) is 30.3 Å². The SMILES string of the molecule is COc1c(C)cc(C(O)c2cccc(F)c2Cl)cc1C. The molecule has 0 saturated carbocycles. The topological polar surface area (TPSA) is 29.5 Å². The zero-order chi connectivity index (χ0) is 14.9. The third-order valence-electron chi connectivity index (χ3n) is 3.28.